The van der Waals surface area contributed by atoms with E-state index in [-0.39, 0.29) is 0 Å². The number of nitrogens with two attached hydrogens (primary N) is 1. The quantitative estimate of drug-likeness (QED) is 0.221. The molecule has 2 N–H and O–H groups in total. The monoisotopic (exact) mass is 485 g/mol. The van der Waals surface area contributed by atoms with Crippen LogP contribution < -0.4 is 5.73 Å². The first-order valence-corrected chi connectivity index (χ1v) is 15.8. The summed E-state index contributed by atoms with van der Waals surface area (Å²) in [5, 5.41) is 0. The molecule has 0 heterocycles. The van der Waals surface area contributed by atoms with E-state index in [9.17, 15) is 0 Å². The minimum atomic E-state index is 0.451. The van der Waals surface area contributed by atoms with Crippen molar-refractivity contribution in [2.75, 3.05) is 13.2 Å². The molecule has 2 nitrogen and oxygen atoms in total. The highest BCUT2D eigenvalue weighted by Crippen LogP contribution is 2.67. The fourth-order valence-electron chi connectivity index (χ4n) is 9.64. The fraction of sp³-hybridized carbons (Fsp3) is 0.939. The van der Waals surface area contributed by atoms with E-state index >= 15 is 0 Å². The van der Waals surface area contributed by atoms with E-state index < -0.39 is 0 Å². The summed E-state index contributed by atoms with van der Waals surface area (Å²) in [4.78, 5) is 0. The molecule has 202 valence electrons. The Kier molecular flexibility index (Phi) is 9.51. The topological polar surface area (TPSA) is 35.2 Å². The summed E-state index contributed by atoms with van der Waals surface area (Å²) in [5.74, 6) is 5.57. The zero-order valence-corrected chi connectivity index (χ0v) is 24.1. The van der Waals surface area contributed by atoms with E-state index in [1.807, 2.05) is 0 Å². The van der Waals surface area contributed by atoms with Gasteiger partial charge in [0.15, 0.2) is 0 Å². The second-order valence-corrected chi connectivity index (χ2v) is 14.2. The van der Waals surface area contributed by atoms with Gasteiger partial charge in [-0.15, -0.1) is 0 Å². The van der Waals surface area contributed by atoms with Gasteiger partial charge < -0.3 is 10.5 Å². The van der Waals surface area contributed by atoms with E-state index in [4.69, 9.17) is 10.5 Å². The second kappa shape index (κ2) is 12.0. The van der Waals surface area contributed by atoms with Crippen LogP contribution in [0.3, 0.4) is 0 Å². The lowest BCUT2D eigenvalue weighted by atomic mass is 9.47. The van der Waals surface area contributed by atoms with Crippen molar-refractivity contribution in [1.29, 1.82) is 0 Å². The molecule has 2 heteroatoms. The molecule has 3 fully saturated rings. The SMILES string of the molecule is CC(C)CCCC(C)[C@H]1CCC2C3CC=C4C[C@@H](OCCCCCCN)CC[C@]4(C)C3CC[C@@]21C. The Bertz CT molecular complexity index is 699. The smallest absolute Gasteiger partial charge is 0.0612 e. The van der Waals surface area contributed by atoms with Crippen molar-refractivity contribution in [2.45, 2.75) is 137 Å². The summed E-state index contributed by atoms with van der Waals surface area (Å²) in [6, 6.07) is 0. The van der Waals surface area contributed by atoms with Gasteiger partial charge in [-0.2, -0.15) is 0 Å². The Hall–Kier alpha value is -0.340. The molecule has 0 aromatic heterocycles. The number of unbranched alkanes of at least 4 members (excludes halogenated alkanes) is 3. The third-order valence-electron chi connectivity index (χ3n) is 11.7. The lowest BCUT2D eigenvalue weighted by Crippen LogP contribution is -2.51. The lowest BCUT2D eigenvalue weighted by Gasteiger charge is -2.58. The third kappa shape index (κ3) is 5.89. The van der Waals surface area contributed by atoms with Crippen LogP contribution in [0.1, 0.15) is 131 Å². The van der Waals surface area contributed by atoms with E-state index in [1.54, 1.807) is 5.57 Å². The molecule has 8 atom stereocenters. The van der Waals surface area contributed by atoms with Gasteiger partial charge in [-0.1, -0.05) is 78.4 Å². The van der Waals surface area contributed by atoms with Gasteiger partial charge in [0.2, 0.25) is 0 Å². The molecule has 0 radical (unpaired) electrons. The number of hydrogen-bond acceptors (Lipinski definition) is 2. The molecule has 0 aromatic rings. The molecule has 0 amide bonds. The van der Waals surface area contributed by atoms with E-state index in [0.29, 0.717) is 16.9 Å². The highest BCUT2D eigenvalue weighted by molar-refractivity contribution is 5.25. The minimum Gasteiger partial charge on any atom is -0.378 e. The van der Waals surface area contributed by atoms with Crippen molar-refractivity contribution in [3.05, 3.63) is 11.6 Å². The molecule has 4 unspecified atom stereocenters. The molecule has 4 aliphatic carbocycles. The van der Waals surface area contributed by atoms with Gasteiger partial charge in [0, 0.05) is 6.61 Å². The maximum Gasteiger partial charge on any atom is 0.0612 e. The van der Waals surface area contributed by atoms with Gasteiger partial charge in [-0.3, -0.25) is 0 Å². The minimum absolute atomic E-state index is 0.451. The number of hydrogen-bond donors (Lipinski definition) is 1. The number of ether oxygens (including phenoxy) is 1. The molecule has 0 spiro atoms. The second-order valence-electron chi connectivity index (χ2n) is 14.2. The Morgan fingerprint density at radius 1 is 0.914 bits per heavy atom. The van der Waals surface area contributed by atoms with Gasteiger partial charge in [-0.05, 0) is 117 Å². The Balaban J connectivity index is 1.34. The van der Waals surface area contributed by atoms with Crippen molar-refractivity contribution in [3.8, 4) is 0 Å². The van der Waals surface area contributed by atoms with Crippen molar-refractivity contribution >= 4 is 0 Å². The van der Waals surface area contributed by atoms with Crippen LogP contribution in [0.2, 0.25) is 0 Å². The molecule has 0 aliphatic heterocycles. The van der Waals surface area contributed by atoms with Crippen LogP contribution in [0, 0.1) is 46.3 Å². The Morgan fingerprint density at radius 2 is 1.71 bits per heavy atom. The molecule has 3 saturated carbocycles. The Labute approximate surface area is 218 Å². The van der Waals surface area contributed by atoms with Gasteiger partial charge >= 0.3 is 0 Å². The predicted octanol–water partition coefficient (Wildman–Crippen LogP) is 8.93. The number of fused-ring (bicyclic) bond motifs is 5. The van der Waals surface area contributed by atoms with Crippen LogP contribution in [0.4, 0.5) is 0 Å². The normalized spacial score (nSPS) is 39.6. The van der Waals surface area contributed by atoms with Crippen LogP contribution in [0.25, 0.3) is 0 Å². The summed E-state index contributed by atoms with van der Waals surface area (Å²) in [5.41, 5.74) is 8.45. The predicted molar refractivity (Wildman–Crippen MR) is 150 cm³/mol. The van der Waals surface area contributed by atoms with Crippen molar-refractivity contribution in [1.82, 2.24) is 0 Å². The van der Waals surface area contributed by atoms with E-state index in [1.165, 1.54) is 89.9 Å². The van der Waals surface area contributed by atoms with Gasteiger partial charge in [0.1, 0.15) is 0 Å². The highest BCUT2D eigenvalue weighted by atomic mass is 16.5. The van der Waals surface area contributed by atoms with Gasteiger partial charge in [0.25, 0.3) is 0 Å². The third-order valence-corrected chi connectivity index (χ3v) is 11.7. The fourth-order valence-corrected chi connectivity index (χ4v) is 9.64. The van der Waals surface area contributed by atoms with Crippen LogP contribution in [0.15, 0.2) is 11.6 Å². The van der Waals surface area contributed by atoms with Crippen LogP contribution in [0.5, 0.6) is 0 Å². The van der Waals surface area contributed by atoms with Crippen LogP contribution >= 0.6 is 0 Å². The highest BCUT2D eigenvalue weighted by Gasteiger charge is 2.59. The summed E-state index contributed by atoms with van der Waals surface area (Å²) >= 11 is 0. The average molecular weight is 486 g/mol. The zero-order valence-electron chi connectivity index (χ0n) is 24.1. The summed E-state index contributed by atoms with van der Waals surface area (Å²) in [6.45, 7) is 14.5. The summed E-state index contributed by atoms with van der Waals surface area (Å²) in [7, 11) is 0. The van der Waals surface area contributed by atoms with E-state index in [0.717, 1.165) is 55.1 Å². The maximum absolute atomic E-state index is 6.39. The molecule has 0 bridgehead atoms. The zero-order chi connectivity index (χ0) is 25.1. The van der Waals surface area contributed by atoms with Gasteiger partial charge in [-0.25, -0.2) is 0 Å². The molecule has 4 aliphatic rings. The largest absolute Gasteiger partial charge is 0.378 e. The molecular weight excluding hydrogens is 426 g/mol. The van der Waals surface area contributed by atoms with Crippen LogP contribution in [-0.2, 0) is 4.74 Å². The average Bonchev–Trinajstić information content (AvgIpc) is 3.18. The first-order valence-electron chi connectivity index (χ1n) is 15.8. The summed E-state index contributed by atoms with van der Waals surface area (Å²) < 4.78 is 6.39. The first kappa shape index (κ1) is 27.7. The Morgan fingerprint density at radius 3 is 2.49 bits per heavy atom. The number of allylic oxidation sites excluding steroid dienone is 1. The lowest BCUT2D eigenvalue weighted by molar-refractivity contribution is -0.0641. The molecule has 0 aromatic carbocycles. The molecule has 0 saturated heterocycles. The number of rotatable bonds is 12. The first-order chi connectivity index (χ1) is 16.8. The molecule has 4 rings (SSSR count). The van der Waals surface area contributed by atoms with Crippen molar-refractivity contribution < 1.29 is 4.74 Å². The van der Waals surface area contributed by atoms with E-state index in [2.05, 4.69) is 40.7 Å². The molecular formula is C33H59NO. The summed E-state index contributed by atoms with van der Waals surface area (Å²) in [6.07, 6.45) is 23.6. The van der Waals surface area contributed by atoms with Gasteiger partial charge in [0.05, 0.1) is 6.10 Å². The molecule has 35 heavy (non-hydrogen) atoms. The maximum atomic E-state index is 6.39. The standard InChI is InChI=1S/C33H59NO/c1-24(2)11-10-12-25(3)29-15-16-30-28-14-13-26-23-27(35-22-9-7-6-8-21-34)17-19-32(26,4)31(28)18-20-33(29,30)5/h13,24-25,27-31H,6-12,14-23,34H2,1-5H3/t25?,27-,28?,29+,30?,31?,32-,33+/m0/s1. The van der Waals surface area contributed by atoms with Crippen molar-refractivity contribution in [3.63, 3.8) is 0 Å². The van der Waals surface area contributed by atoms with Crippen LogP contribution in [-0.4, -0.2) is 19.3 Å². The van der Waals surface area contributed by atoms with Crippen molar-refractivity contribution in [2.24, 2.45) is 52.1 Å².